The van der Waals surface area contributed by atoms with E-state index in [1.54, 1.807) is 16.8 Å². The van der Waals surface area contributed by atoms with E-state index in [0.717, 1.165) is 0 Å². The molecule has 0 aromatic carbocycles. The van der Waals surface area contributed by atoms with E-state index < -0.39 is 0 Å². The second-order valence-corrected chi connectivity index (χ2v) is 1.87. The van der Waals surface area contributed by atoms with Crippen molar-refractivity contribution in [1.82, 2.24) is 9.78 Å². The number of nitrogen functional groups attached to an aromatic ring is 1. The summed E-state index contributed by atoms with van der Waals surface area (Å²) >= 11 is 0. The van der Waals surface area contributed by atoms with Gasteiger partial charge in [-0.25, -0.2) is 0 Å². The first kappa shape index (κ1) is 6.65. The van der Waals surface area contributed by atoms with Crippen LogP contribution in [-0.4, -0.2) is 9.78 Å². The molecule has 3 nitrogen and oxygen atoms in total. The number of nitrogens with two attached hydrogens (primary N) is 1. The molecule has 0 spiro atoms. The fraction of sp³-hybridized carbons (Fsp3) is 0.143. The van der Waals surface area contributed by atoms with E-state index >= 15 is 0 Å². The van der Waals surface area contributed by atoms with Crippen LogP contribution >= 0.6 is 0 Å². The minimum Gasteiger partial charge on any atom is -0.382 e. The molecule has 0 fully saturated rings. The zero-order chi connectivity index (χ0) is 7.40. The summed E-state index contributed by atoms with van der Waals surface area (Å²) in [6.07, 6.45) is 3.59. The second kappa shape index (κ2) is 2.90. The van der Waals surface area contributed by atoms with Gasteiger partial charge in [-0.3, -0.25) is 4.68 Å². The van der Waals surface area contributed by atoms with Crippen LogP contribution in [0.4, 0.5) is 5.82 Å². The van der Waals surface area contributed by atoms with E-state index in [-0.39, 0.29) is 0 Å². The predicted molar refractivity (Wildman–Crippen MR) is 40.3 cm³/mol. The Hall–Kier alpha value is -1.47. The van der Waals surface area contributed by atoms with Crippen LogP contribution in [0.15, 0.2) is 30.6 Å². The molecule has 0 saturated heterocycles. The Morgan fingerprint density at radius 3 is 3.20 bits per heavy atom. The Balaban J connectivity index is 2.66. The molecule has 0 aliphatic heterocycles. The van der Waals surface area contributed by atoms with Crippen molar-refractivity contribution < 1.29 is 0 Å². The lowest BCUT2D eigenvalue weighted by atomic mass is 10.6. The maximum absolute atomic E-state index is 5.37. The highest BCUT2D eigenvalue weighted by Crippen LogP contribution is 1.94. The molecule has 1 rings (SSSR count). The van der Waals surface area contributed by atoms with Crippen molar-refractivity contribution in [2.24, 2.45) is 0 Å². The minimum absolute atomic E-state index is 0.539. The highest BCUT2D eigenvalue weighted by molar-refractivity contribution is 5.23. The van der Waals surface area contributed by atoms with E-state index in [9.17, 15) is 0 Å². The number of hydrogen-bond acceptors (Lipinski definition) is 2. The van der Waals surface area contributed by atoms with Gasteiger partial charge in [-0.05, 0) is 12.1 Å². The van der Waals surface area contributed by atoms with Gasteiger partial charge in [0.15, 0.2) is 0 Å². The average molecular weight is 135 g/mol. The summed E-state index contributed by atoms with van der Waals surface area (Å²) in [5, 5.41) is 3.94. The van der Waals surface area contributed by atoms with Gasteiger partial charge in [0.05, 0.1) is 6.54 Å². The van der Waals surface area contributed by atoms with Crippen LogP contribution in [0.25, 0.3) is 0 Å². The first-order valence-electron chi connectivity index (χ1n) is 2.96. The molecule has 0 atom stereocenters. The molecule has 0 bridgehead atoms. The molecule has 1 aromatic rings. The quantitative estimate of drug-likeness (QED) is 0.610. The molecule has 52 valence electrons. The standard InChI is InChI=1S/C7H9N3/c1-2-3-5-10-6-4-7(8)9-10/h3-4,6H,1,5H2,(H2,8,9). The third kappa shape index (κ3) is 1.50. The lowest BCUT2D eigenvalue weighted by Gasteiger charge is -1.90. The van der Waals surface area contributed by atoms with E-state index in [1.807, 2.05) is 6.20 Å². The molecule has 0 saturated carbocycles. The monoisotopic (exact) mass is 135 g/mol. The van der Waals surface area contributed by atoms with Crippen molar-refractivity contribution in [2.45, 2.75) is 6.54 Å². The molecule has 0 unspecified atom stereocenters. The molecule has 0 aliphatic carbocycles. The second-order valence-electron chi connectivity index (χ2n) is 1.87. The smallest absolute Gasteiger partial charge is 0.145 e. The summed E-state index contributed by atoms with van der Waals surface area (Å²) in [7, 11) is 0. The number of nitrogens with zero attached hydrogens (tertiary/aromatic N) is 2. The Kier molecular flexibility index (Phi) is 1.92. The van der Waals surface area contributed by atoms with Gasteiger partial charge in [-0.15, -0.1) is 5.73 Å². The summed E-state index contributed by atoms with van der Waals surface area (Å²) in [5.41, 5.74) is 8.02. The van der Waals surface area contributed by atoms with Gasteiger partial charge < -0.3 is 5.73 Å². The van der Waals surface area contributed by atoms with Crippen molar-refractivity contribution in [3.05, 3.63) is 30.6 Å². The Morgan fingerprint density at radius 2 is 2.70 bits per heavy atom. The predicted octanol–water partition coefficient (Wildman–Crippen LogP) is 0.806. The third-order valence-electron chi connectivity index (χ3n) is 1.08. The topological polar surface area (TPSA) is 43.8 Å². The van der Waals surface area contributed by atoms with E-state index in [0.29, 0.717) is 12.4 Å². The average Bonchev–Trinajstić information content (AvgIpc) is 2.31. The van der Waals surface area contributed by atoms with Gasteiger partial charge in [-0.2, -0.15) is 5.10 Å². The highest BCUT2D eigenvalue weighted by Gasteiger charge is 1.88. The lowest BCUT2D eigenvalue weighted by molar-refractivity contribution is 0.706. The number of anilines is 1. The minimum atomic E-state index is 0.539. The molecular formula is C7H9N3. The summed E-state index contributed by atoms with van der Waals surface area (Å²) in [6, 6.07) is 1.75. The van der Waals surface area contributed by atoms with Crippen molar-refractivity contribution in [3.63, 3.8) is 0 Å². The molecule has 0 amide bonds. The molecule has 1 aromatic heterocycles. The molecule has 2 N–H and O–H groups in total. The van der Waals surface area contributed by atoms with Crippen LogP contribution in [0.3, 0.4) is 0 Å². The SMILES string of the molecule is C=C=CCn1ccc(N)n1. The summed E-state index contributed by atoms with van der Waals surface area (Å²) in [6.45, 7) is 4.11. The number of rotatable bonds is 2. The summed E-state index contributed by atoms with van der Waals surface area (Å²) in [4.78, 5) is 0. The molecule has 3 heteroatoms. The van der Waals surface area contributed by atoms with Crippen LogP contribution in [0.1, 0.15) is 0 Å². The zero-order valence-electron chi connectivity index (χ0n) is 5.62. The Morgan fingerprint density at radius 1 is 1.90 bits per heavy atom. The van der Waals surface area contributed by atoms with E-state index in [4.69, 9.17) is 5.73 Å². The number of hydrogen-bond donors (Lipinski definition) is 1. The highest BCUT2D eigenvalue weighted by atomic mass is 15.3. The van der Waals surface area contributed by atoms with Gasteiger partial charge in [-0.1, -0.05) is 6.58 Å². The van der Waals surface area contributed by atoms with Crippen LogP contribution in [0, 0.1) is 0 Å². The van der Waals surface area contributed by atoms with E-state index in [1.165, 1.54) is 0 Å². The van der Waals surface area contributed by atoms with Crippen LogP contribution in [-0.2, 0) is 6.54 Å². The maximum atomic E-state index is 5.37. The normalized spacial score (nSPS) is 8.80. The maximum Gasteiger partial charge on any atom is 0.145 e. The first-order valence-corrected chi connectivity index (χ1v) is 2.96. The van der Waals surface area contributed by atoms with Crippen molar-refractivity contribution in [1.29, 1.82) is 0 Å². The Labute approximate surface area is 59.5 Å². The van der Waals surface area contributed by atoms with Crippen molar-refractivity contribution in [3.8, 4) is 0 Å². The molecule has 10 heavy (non-hydrogen) atoms. The third-order valence-corrected chi connectivity index (χ3v) is 1.08. The van der Waals surface area contributed by atoms with Crippen LogP contribution in [0.5, 0.6) is 0 Å². The van der Waals surface area contributed by atoms with Gasteiger partial charge in [0.1, 0.15) is 5.82 Å². The summed E-state index contributed by atoms with van der Waals surface area (Å²) in [5.74, 6) is 0.539. The van der Waals surface area contributed by atoms with Gasteiger partial charge in [0.25, 0.3) is 0 Å². The van der Waals surface area contributed by atoms with Crippen molar-refractivity contribution in [2.75, 3.05) is 5.73 Å². The zero-order valence-corrected chi connectivity index (χ0v) is 5.62. The summed E-state index contributed by atoms with van der Waals surface area (Å²) < 4.78 is 1.72. The van der Waals surface area contributed by atoms with Crippen molar-refractivity contribution >= 4 is 5.82 Å². The lowest BCUT2D eigenvalue weighted by Crippen LogP contribution is -1.96. The van der Waals surface area contributed by atoms with Gasteiger partial charge in [0, 0.05) is 6.20 Å². The number of allylic oxidation sites excluding steroid dienone is 1. The van der Waals surface area contributed by atoms with Gasteiger partial charge in [0.2, 0.25) is 0 Å². The van der Waals surface area contributed by atoms with Crippen LogP contribution in [0.2, 0.25) is 0 Å². The molecule has 1 heterocycles. The number of aromatic nitrogens is 2. The Bertz CT molecular complexity index is 256. The molecular weight excluding hydrogens is 126 g/mol. The van der Waals surface area contributed by atoms with Gasteiger partial charge >= 0.3 is 0 Å². The molecule has 0 aliphatic rings. The fourth-order valence-electron chi connectivity index (χ4n) is 0.637. The fourth-order valence-corrected chi connectivity index (χ4v) is 0.637. The first-order chi connectivity index (χ1) is 4.83. The largest absolute Gasteiger partial charge is 0.382 e. The van der Waals surface area contributed by atoms with Crippen LogP contribution < -0.4 is 5.73 Å². The molecule has 0 radical (unpaired) electrons. The van der Waals surface area contributed by atoms with E-state index in [2.05, 4.69) is 17.4 Å².